The molecule has 4 unspecified atom stereocenters. The Morgan fingerprint density at radius 3 is 2.26 bits per heavy atom. The van der Waals surface area contributed by atoms with Gasteiger partial charge in [0.1, 0.15) is 12.2 Å². The van der Waals surface area contributed by atoms with E-state index in [4.69, 9.17) is 0 Å². The molecule has 6 N–H and O–H groups in total. The molecule has 0 aliphatic rings. The van der Waals surface area contributed by atoms with Crippen LogP contribution in [0.3, 0.4) is 0 Å². The molecule has 0 saturated heterocycles. The van der Waals surface area contributed by atoms with Crippen LogP contribution >= 0.6 is 0 Å². The first-order valence-electron chi connectivity index (χ1n) is 9.90. The first kappa shape index (κ1) is 25.9. The number of hydrogen-bond acceptors (Lipinski definition) is 7. The van der Waals surface area contributed by atoms with Gasteiger partial charge in [0.2, 0.25) is 0 Å². The summed E-state index contributed by atoms with van der Waals surface area (Å²) in [6, 6.07) is 0. The number of amides is 1. The maximum absolute atomic E-state index is 11.9. The van der Waals surface area contributed by atoms with Crippen molar-refractivity contribution in [3.05, 3.63) is 0 Å². The van der Waals surface area contributed by atoms with E-state index in [1.807, 2.05) is 6.92 Å². The fourth-order valence-electron chi connectivity index (χ4n) is 2.62. The number of nitrogens with one attached hydrogen (secondary N) is 2. The van der Waals surface area contributed by atoms with Crippen LogP contribution in [0.4, 0.5) is 0 Å². The Kier molecular flexibility index (Phi) is 13.5. The number of aliphatic hydroxyl groups excluding tert-OH is 3. The maximum Gasteiger partial charge on any atom is 0.251 e. The topological polar surface area (TPSA) is 139 Å². The Balaban J connectivity index is 4.47. The Hall–Kier alpha value is -1.06. The van der Waals surface area contributed by atoms with Crippen LogP contribution in [0.2, 0.25) is 0 Å². The minimum Gasteiger partial charge on any atom is -0.387 e. The summed E-state index contributed by atoms with van der Waals surface area (Å²) in [5.74, 6) is -0.282. The van der Waals surface area contributed by atoms with E-state index < -0.39 is 29.8 Å². The SMILES string of the molecule is CCCCCNCC(O)(C=O)C(O)C(O)C(O)C(=O)NCCCCC(C)C. The van der Waals surface area contributed by atoms with Crippen molar-refractivity contribution >= 4 is 12.2 Å². The van der Waals surface area contributed by atoms with Gasteiger partial charge in [-0.25, -0.2) is 0 Å². The van der Waals surface area contributed by atoms with Gasteiger partial charge < -0.3 is 31.1 Å². The van der Waals surface area contributed by atoms with Crippen LogP contribution in [0, 0.1) is 5.92 Å². The number of unbranched alkanes of at least 4 members (excludes halogenated alkanes) is 3. The van der Waals surface area contributed by atoms with Gasteiger partial charge in [-0.3, -0.25) is 9.59 Å². The molecular weight excluding hydrogens is 352 g/mol. The number of hydrogen-bond donors (Lipinski definition) is 6. The second-order valence-electron chi connectivity index (χ2n) is 7.55. The predicted octanol–water partition coefficient (Wildman–Crippen LogP) is -0.279. The van der Waals surface area contributed by atoms with Crippen molar-refractivity contribution in [2.24, 2.45) is 5.92 Å². The van der Waals surface area contributed by atoms with Crippen molar-refractivity contribution in [3.63, 3.8) is 0 Å². The van der Waals surface area contributed by atoms with Gasteiger partial charge in [-0.15, -0.1) is 0 Å². The second kappa shape index (κ2) is 14.0. The monoisotopic (exact) mass is 390 g/mol. The zero-order valence-corrected chi connectivity index (χ0v) is 16.9. The molecule has 0 aromatic carbocycles. The number of aliphatic hydroxyl groups is 4. The smallest absolute Gasteiger partial charge is 0.251 e. The first-order chi connectivity index (χ1) is 12.7. The zero-order valence-electron chi connectivity index (χ0n) is 16.9. The van der Waals surface area contributed by atoms with E-state index in [-0.39, 0.29) is 12.8 Å². The molecule has 0 heterocycles. The van der Waals surface area contributed by atoms with Crippen molar-refractivity contribution in [1.29, 1.82) is 0 Å². The van der Waals surface area contributed by atoms with Crippen molar-refractivity contribution in [2.45, 2.75) is 83.2 Å². The van der Waals surface area contributed by atoms with Crippen LogP contribution in [-0.2, 0) is 9.59 Å². The van der Waals surface area contributed by atoms with E-state index in [0.717, 1.165) is 38.5 Å². The van der Waals surface area contributed by atoms with Gasteiger partial charge in [0.05, 0.1) is 0 Å². The molecule has 0 aromatic heterocycles. The number of rotatable bonds is 16. The average Bonchev–Trinajstić information content (AvgIpc) is 2.65. The molecule has 160 valence electrons. The number of carbonyl (C=O) groups is 2. The molecule has 27 heavy (non-hydrogen) atoms. The van der Waals surface area contributed by atoms with Gasteiger partial charge in [0.25, 0.3) is 5.91 Å². The molecule has 0 bridgehead atoms. The van der Waals surface area contributed by atoms with E-state index >= 15 is 0 Å². The highest BCUT2D eigenvalue weighted by atomic mass is 16.4. The summed E-state index contributed by atoms with van der Waals surface area (Å²) in [6.45, 7) is 6.83. The van der Waals surface area contributed by atoms with Crippen LogP contribution in [0.5, 0.6) is 0 Å². The Morgan fingerprint density at radius 1 is 1.07 bits per heavy atom. The van der Waals surface area contributed by atoms with Crippen LogP contribution in [0.1, 0.15) is 59.3 Å². The minimum absolute atomic E-state index is 0.115. The van der Waals surface area contributed by atoms with Gasteiger partial charge in [-0.05, 0) is 25.3 Å². The highest BCUT2D eigenvalue weighted by Gasteiger charge is 2.44. The Morgan fingerprint density at radius 2 is 1.70 bits per heavy atom. The lowest BCUT2D eigenvalue weighted by Gasteiger charge is -2.32. The standard InChI is InChI=1S/C19H38N2O6/c1-4-5-7-10-20-12-19(27,13-22)17(25)15(23)16(24)18(26)21-11-8-6-9-14(2)3/h13-17,20,23-25,27H,4-12H2,1-3H3,(H,21,26). The lowest BCUT2D eigenvalue weighted by Crippen LogP contribution is -2.60. The average molecular weight is 391 g/mol. The quantitative estimate of drug-likeness (QED) is 0.157. The molecule has 8 nitrogen and oxygen atoms in total. The number of carbonyl (C=O) groups excluding carboxylic acids is 2. The fraction of sp³-hybridized carbons (Fsp3) is 0.895. The molecular formula is C19H38N2O6. The third kappa shape index (κ3) is 10.2. The molecule has 0 aromatic rings. The van der Waals surface area contributed by atoms with Crippen molar-refractivity contribution < 1.29 is 30.0 Å². The Labute approximate surface area is 162 Å². The van der Waals surface area contributed by atoms with Crippen molar-refractivity contribution in [2.75, 3.05) is 19.6 Å². The van der Waals surface area contributed by atoms with Crippen molar-refractivity contribution in [1.82, 2.24) is 10.6 Å². The van der Waals surface area contributed by atoms with Gasteiger partial charge in [-0.2, -0.15) is 0 Å². The molecule has 0 saturated carbocycles. The van der Waals surface area contributed by atoms with Crippen LogP contribution in [0.15, 0.2) is 0 Å². The van der Waals surface area contributed by atoms with Gasteiger partial charge in [0, 0.05) is 13.1 Å². The second-order valence-corrected chi connectivity index (χ2v) is 7.55. The Bertz CT molecular complexity index is 421. The summed E-state index contributed by atoms with van der Waals surface area (Å²) in [6.07, 6.45) is -0.315. The van der Waals surface area contributed by atoms with Gasteiger partial charge in [0.15, 0.2) is 18.0 Å². The van der Waals surface area contributed by atoms with E-state index in [1.54, 1.807) is 0 Å². The molecule has 0 aliphatic carbocycles. The molecule has 4 atom stereocenters. The normalized spacial score (nSPS) is 17.2. The zero-order chi connectivity index (χ0) is 20.9. The first-order valence-corrected chi connectivity index (χ1v) is 9.90. The summed E-state index contributed by atoms with van der Waals surface area (Å²) in [5, 5.41) is 45.7. The predicted molar refractivity (Wildman–Crippen MR) is 103 cm³/mol. The summed E-state index contributed by atoms with van der Waals surface area (Å²) in [5.41, 5.74) is -2.30. The van der Waals surface area contributed by atoms with Gasteiger partial charge in [-0.1, -0.05) is 46.5 Å². The molecule has 1 amide bonds. The van der Waals surface area contributed by atoms with Crippen LogP contribution in [-0.4, -0.2) is 76.2 Å². The van der Waals surface area contributed by atoms with Crippen LogP contribution < -0.4 is 10.6 Å². The lowest BCUT2D eigenvalue weighted by atomic mass is 9.91. The molecule has 0 aliphatic heterocycles. The highest BCUT2D eigenvalue weighted by Crippen LogP contribution is 2.14. The summed E-state index contributed by atoms with van der Waals surface area (Å²) in [4.78, 5) is 23.2. The number of aldehydes is 1. The fourth-order valence-corrected chi connectivity index (χ4v) is 2.62. The van der Waals surface area contributed by atoms with Gasteiger partial charge >= 0.3 is 0 Å². The third-order valence-electron chi connectivity index (χ3n) is 4.50. The third-order valence-corrected chi connectivity index (χ3v) is 4.50. The highest BCUT2D eigenvalue weighted by molar-refractivity contribution is 5.81. The molecule has 8 heteroatoms. The molecule has 0 radical (unpaired) electrons. The van der Waals surface area contributed by atoms with Crippen molar-refractivity contribution in [3.8, 4) is 0 Å². The van der Waals surface area contributed by atoms with E-state index in [1.165, 1.54) is 0 Å². The molecule has 0 fully saturated rings. The molecule has 0 rings (SSSR count). The molecule has 0 spiro atoms. The van der Waals surface area contributed by atoms with E-state index in [2.05, 4.69) is 24.5 Å². The maximum atomic E-state index is 11.9. The summed E-state index contributed by atoms with van der Waals surface area (Å²) in [7, 11) is 0. The summed E-state index contributed by atoms with van der Waals surface area (Å²) >= 11 is 0. The largest absolute Gasteiger partial charge is 0.387 e. The van der Waals surface area contributed by atoms with E-state index in [9.17, 15) is 30.0 Å². The summed E-state index contributed by atoms with van der Waals surface area (Å²) < 4.78 is 0. The van der Waals surface area contributed by atoms with E-state index in [0.29, 0.717) is 19.0 Å². The van der Waals surface area contributed by atoms with Crippen LogP contribution in [0.25, 0.3) is 0 Å². The lowest BCUT2D eigenvalue weighted by molar-refractivity contribution is -0.167. The minimum atomic E-state index is -2.30.